The molecule has 1 aromatic heterocycles. The van der Waals surface area contributed by atoms with E-state index in [1.54, 1.807) is 20.0 Å². The van der Waals surface area contributed by atoms with Crippen LogP contribution in [-0.2, 0) is 4.79 Å². The maximum Gasteiger partial charge on any atom is 0.242 e. The number of nitrogens with zero attached hydrogens (tertiary/aromatic N) is 2. The first-order valence-corrected chi connectivity index (χ1v) is 5.43. The number of rotatable bonds is 5. The van der Waals surface area contributed by atoms with Crippen LogP contribution in [0.5, 0.6) is 0 Å². The van der Waals surface area contributed by atoms with Crippen LogP contribution in [0.1, 0.15) is 13.8 Å². The van der Waals surface area contributed by atoms with Crippen LogP contribution in [0.25, 0.3) is 0 Å². The van der Waals surface area contributed by atoms with Crippen molar-refractivity contribution in [3.05, 3.63) is 6.07 Å². The summed E-state index contributed by atoms with van der Waals surface area (Å²) in [7, 11) is 1.73. The van der Waals surface area contributed by atoms with Gasteiger partial charge in [-0.3, -0.25) is 4.79 Å². The Labute approximate surface area is 100 Å². The average molecular weight is 238 g/mol. The summed E-state index contributed by atoms with van der Waals surface area (Å²) in [5.41, 5.74) is 5.54. The molecular weight excluding hydrogens is 220 g/mol. The molecule has 0 spiro atoms. The molecule has 0 aliphatic rings. The molecule has 1 aromatic rings. The molecular formula is C10H18N6O. The second-order valence-corrected chi connectivity index (χ2v) is 3.51. The minimum absolute atomic E-state index is 0.0873. The Bertz CT molecular complexity index is 394. The highest BCUT2D eigenvalue weighted by molar-refractivity contribution is 5.83. The Morgan fingerprint density at radius 2 is 2.12 bits per heavy atom. The van der Waals surface area contributed by atoms with Gasteiger partial charge in [0.05, 0.1) is 0 Å². The van der Waals surface area contributed by atoms with Crippen LogP contribution in [0.15, 0.2) is 6.07 Å². The van der Waals surface area contributed by atoms with Crippen molar-refractivity contribution in [3.8, 4) is 0 Å². The van der Waals surface area contributed by atoms with E-state index in [1.165, 1.54) is 0 Å². The number of carbonyl (C=O) groups excluding carboxylic acids is 1. The Kier molecular flexibility index (Phi) is 4.50. The number of carbonyl (C=O) groups is 1. The molecule has 0 fully saturated rings. The lowest BCUT2D eigenvalue weighted by molar-refractivity contribution is -0.121. The van der Waals surface area contributed by atoms with Crippen molar-refractivity contribution >= 4 is 23.5 Å². The van der Waals surface area contributed by atoms with E-state index in [0.717, 1.165) is 0 Å². The van der Waals surface area contributed by atoms with Gasteiger partial charge in [-0.15, -0.1) is 0 Å². The molecule has 0 aromatic carbocycles. The molecule has 0 saturated heterocycles. The van der Waals surface area contributed by atoms with Gasteiger partial charge in [-0.2, -0.15) is 9.97 Å². The minimum atomic E-state index is -0.381. The molecule has 17 heavy (non-hydrogen) atoms. The molecule has 1 amide bonds. The number of nitrogens with one attached hydrogen (secondary N) is 3. The summed E-state index contributed by atoms with van der Waals surface area (Å²) in [5, 5.41) is 8.54. The molecule has 1 atom stereocenters. The number of hydrogen-bond acceptors (Lipinski definition) is 6. The smallest absolute Gasteiger partial charge is 0.242 e. The van der Waals surface area contributed by atoms with E-state index in [0.29, 0.717) is 18.2 Å². The van der Waals surface area contributed by atoms with Crippen molar-refractivity contribution in [3.63, 3.8) is 0 Å². The topological polar surface area (TPSA) is 105 Å². The number of nitrogen functional groups attached to an aromatic ring is 1. The van der Waals surface area contributed by atoms with Crippen molar-refractivity contribution in [2.45, 2.75) is 19.9 Å². The first-order chi connectivity index (χ1) is 8.06. The van der Waals surface area contributed by atoms with E-state index in [1.807, 2.05) is 6.92 Å². The van der Waals surface area contributed by atoms with Crippen molar-refractivity contribution in [1.29, 1.82) is 0 Å². The predicted octanol–water partition coefficient (Wildman–Crippen LogP) is 0.0370. The molecule has 94 valence electrons. The second-order valence-electron chi connectivity index (χ2n) is 3.51. The number of amides is 1. The van der Waals surface area contributed by atoms with Gasteiger partial charge in [0.25, 0.3) is 0 Å². The van der Waals surface area contributed by atoms with Crippen LogP contribution in [-0.4, -0.2) is 35.5 Å². The monoisotopic (exact) mass is 238 g/mol. The molecule has 1 rings (SSSR count). The van der Waals surface area contributed by atoms with E-state index in [-0.39, 0.29) is 17.9 Å². The minimum Gasteiger partial charge on any atom is -0.373 e. The van der Waals surface area contributed by atoms with Crippen LogP contribution < -0.4 is 21.7 Å². The lowest BCUT2D eigenvalue weighted by Crippen LogP contribution is -2.37. The fraction of sp³-hybridized carbons (Fsp3) is 0.500. The molecule has 0 saturated carbocycles. The SMILES string of the molecule is CCNC(=O)C(C)Nc1cc(NC)nc(N)n1. The zero-order valence-corrected chi connectivity index (χ0v) is 10.2. The van der Waals surface area contributed by atoms with E-state index < -0.39 is 0 Å². The Morgan fingerprint density at radius 3 is 2.71 bits per heavy atom. The summed E-state index contributed by atoms with van der Waals surface area (Å²) in [6.07, 6.45) is 0. The van der Waals surface area contributed by atoms with Gasteiger partial charge in [0.1, 0.15) is 17.7 Å². The third-order valence-corrected chi connectivity index (χ3v) is 2.11. The first-order valence-electron chi connectivity index (χ1n) is 5.43. The Hall–Kier alpha value is -2.05. The molecule has 5 N–H and O–H groups in total. The summed E-state index contributed by atoms with van der Waals surface area (Å²) < 4.78 is 0. The summed E-state index contributed by atoms with van der Waals surface area (Å²) in [6.45, 7) is 4.22. The number of hydrogen-bond donors (Lipinski definition) is 4. The molecule has 0 bridgehead atoms. The number of aromatic nitrogens is 2. The van der Waals surface area contributed by atoms with Gasteiger partial charge in [-0.1, -0.05) is 0 Å². The maximum absolute atomic E-state index is 11.5. The average Bonchev–Trinajstić information content (AvgIpc) is 2.28. The summed E-state index contributed by atoms with van der Waals surface area (Å²) in [6, 6.07) is 1.31. The molecule has 0 aliphatic carbocycles. The van der Waals surface area contributed by atoms with Crippen LogP contribution in [0.3, 0.4) is 0 Å². The summed E-state index contributed by atoms with van der Waals surface area (Å²) in [5.74, 6) is 1.18. The van der Waals surface area contributed by atoms with Gasteiger partial charge in [-0.05, 0) is 13.8 Å². The van der Waals surface area contributed by atoms with E-state index >= 15 is 0 Å². The lowest BCUT2D eigenvalue weighted by atomic mass is 10.3. The fourth-order valence-electron chi connectivity index (χ4n) is 1.28. The molecule has 1 heterocycles. The molecule has 0 aliphatic heterocycles. The Balaban J connectivity index is 2.73. The van der Waals surface area contributed by atoms with Gasteiger partial charge in [-0.25, -0.2) is 0 Å². The normalized spacial score (nSPS) is 11.7. The predicted molar refractivity (Wildman–Crippen MR) is 67.8 cm³/mol. The van der Waals surface area contributed by atoms with Crippen LogP contribution >= 0.6 is 0 Å². The molecule has 7 nitrogen and oxygen atoms in total. The highest BCUT2D eigenvalue weighted by atomic mass is 16.2. The van der Waals surface area contributed by atoms with E-state index in [4.69, 9.17) is 5.73 Å². The highest BCUT2D eigenvalue weighted by Crippen LogP contribution is 2.12. The molecule has 0 radical (unpaired) electrons. The number of anilines is 3. The van der Waals surface area contributed by atoms with Gasteiger partial charge < -0.3 is 21.7 Å². The third kappa shape index (κ3) is 3.78. The highest BCUT2D eigenvalue weighted by Gasteiger charge is 2.12. The fourth-order valence-corrected chi connectivity index (χ4v) is 1.28. The van der Waals surface area contributed by atoms with Crippen LogP contribution in [0.2, 0.25) is 0 Å². The lowest BCUT2D eigenvalue weighted by Gasteiger charge is -2.14. The van der Waals surface area contributed by atoms with Crippen molar-refractivity contribution in [2.24, 2.45) is 0 Å². The summed E-state index contributed by atoms with van der Waals surface area (Å²) >= 11 is 0. The zero-order valence-electron chi connectivity index (χ0n) is 10.2. The van der Waals surface area contributed by atoms with Crippen molar-refractivity contribution in [2.75, 3.05) is 30.0 Å². The summed E-state index contributed by atoms with van der Waals surface area (Å²) in [4.78, 5) is 19.5. The largest absolute Gasteiger partial charge is 0.373 e. The first kappa shape index (κ1) is 13.0. The maximum atomic E-state index is 11.5. The molecule has 7 heteroatoms. The number of likely N-dealkylation sites (N-methyl/N-ethyl adjacent to an activating group) is 1. The van der Waals surface area contributed by atoms with Gasteiger partial charge >= 0.3 is 0 Å². The number of nitrogens with two attached hydrogens (primary N) is 1. The van der Waals surface area contributed by atoms with E-state index in [2.05, 4.69) is 25.9 Å². The quantitative estimate of drug-likeness (QED) is 0.577. The van der Waals surface area contributed by atoms with E-state index in [9.17, 15) is 4.79 Å². The van der Waals surface area contributed by atoms with Crippen LogP contribution in [0, 0.1) is 0 Å². The zero-order chi connectivity index (χ0) is 12.8. The third-order valence-electron chi connectivity index (χ3n) is 2.11. The van der Waals surface area contributed by atoms with Gasteiger partial charge in [0.2, 0.25) is 11.9 Å². The van der Waals surface area contributed by atoms with Gasteiger partial charge in [0.15, 0.2) is 0 Å². The molecule has 1 unspecified atom stereocenters. The Morgan fingerprint density at radius 1 is 1.47 bits per heavy atom. The van der Waals surface area contributed by atoms with Gasteiger partial charge in [0, 0.05) is 19.7 Å². The second kappa shape index (κ2) is 5.88. The standard InChI is InChI=1S/C10H18N6O/c1-4-13-9(17)6(2)14-8-5-7(12-3)15-10(11)16-8/h5-6H,4H2,1-3H3,(H,13,17)(H4,11,12,14,15,16). The van der Waals surface area contributed by atoms with Crippen molar-refractivity contribution in [1.82, 2.24) is 15.3 Å². The van der Waals surface area contributed by atoms with Crippen molar-refractivity contribution < 1.29 is 4.79 Å². The van der Waals surface area contributed by atoms with Crippen LogP contribution in [0.4, 0.5) is 17.6 Å².